The van der Waals surface area contributed by atoms with E-state index in [1.165, 1.54) is 12.4 Å². The molecule has 2 aromatic heterocycles. The third-order valence-electron chi connectivity index (χ3n) is 2.62. The lowest BCUT2D eigenvalue weighted by molar-refractivity contribution is 0.101. The molecular weight excluding hydrogens is 337 g/mol. The van der Waals surface area contributed by atoms with Gasteiger partial charge in [0.05, 0.1) is 39.2 Å². The van der Waals surface area contributed by atoms with Crippen LogP contribution in [0.25, 0.3) is 11.0 Å². The summed E-state index contributed by atoms with van der Waals surface area (Å²) < 4.78 is 0. The number of hydrogen-bond donors (Lipinski definition) is 2. The summed E-state index contributed by atoms with van der Waals surface area (Å²) in [5, 5.41) is 3.44. The number of aromatic amines is 1. The van der Waals surface area contributed by atoms with Crippen molar-refractivity contribution in [1.29, 1.82) is 0 Å². The van der Waals surface area contributed by atoms with E-state index in [1.807, 2.05) is 0 Å². The molecule has 2 heterocycles. The van der Waals surface area contributed by atoms with E-state index < -0.39 is 5.91 Å². The Balaban J connectivity index is 1.89. The fraction of sp³-hybridized carbons (Fsp3) is 0. The van der Waals surface area contributed by atoms with Crippen LogP contribution in [0.4, 0.5) is 5.69 Å². The number of hydrogen-bond acceptors (Lipinski definition) is 4. The Labute approximate surface area is 133 Å². The number of aromatic nitrogens is 4. The Kier molecular flexibility index (Phi) is 3.67. The van der Waals surface area contributed by atoms with Crippen molar-refractivity contribution in [1.82, 2.24) is 19.9 Å². The van der Waals surface area contributed by atoms with Gasteiger partial charge in [-0.3, -0.25) is 4.79 Å². The number of imidazole rings is 1. The molecule has 0 atom stereocenters. The first kappa shape index (κ1) is 14.1. The van der Waals surface area contributed by atoms with Crippen molar-refractivity contribution in [3.63, 3.8) is 0 Å². The maximum absolute atomic E-state index is 12.1. The van der Waals surface area contributed by atoms with E-state index in [0.29, 0.717) is 26.8 Å². The Morgan fingerprint density at radius 3 is 2.48 bits per heavy atom. The highest BCUT2D eigenvalue weighted by atomic mass is 35.5. The lowest BCUT2D eigenvalue weighted by Crippen LogP contribution is -2.13. The van der Waals surface area contributed by atoms with E-state index in [2.05, 4.69) is 25.3 Å². The van der Waals surface area contributed by atoms with E-state index >= 15 is 0 Å². The number of benzene rings is 1. The molecule has 1 aromatic carbocycles. The zero-order valence-corrected chi connectivity index (χ0v) is 12.5. The molecule has 3 aromatic rings. The number of carbonyl (C=O) groups is 1. The van der Waals surface area contributed by atoms with Gasteiger partial charge in [0, 0.05) is 0 Å². The number of carbonyl (C=O) groups excluding carboxylic acids is 1. The summed E-state index contributed by atoms with van der Waals surface area (Å²) in [5.74, 6) is -0.317. The van der Waals surface area contributed by atoms with Gasteiger partial charge in [0.25, 0.3) is 5.91 Å². The summed E-state index contributed by atoms with van der Waals surface area (Å²) in [4.78, 5) is 26.6. The minimum absolute atomic E-state index is 0.0982. The average molecular weight is 343 g/mol. The molecule has 0 spiro atoms. The molecule has 0 saturated carbocycles. The normalized spacial score (nSPS) is 10.8. The van der Waals surface area contributed by atoms with Crippen molar-refractivity contribution in [2.24, 2.45) is 0 Å². The number of nitrogens with zero attached hydrogens (tertiary/aromatic N) is 3. The number of amides is 1. The van der Waals surface area contributed by atoms with Crippen molar-refractivity contribution in [3.8, 4) is 0 Å². The van der Waals surface area contributed by atoms with Crippen LogP contribution in [0.15, 0.2) is 24.5 Å². The molecule has 0 radical (unpaired) electrons. The zero-order chi connectivity index (χ0) is 15.0. The van der Waals surface area contributed by atoms with Crippen LogP contribution in [0.1, 0.15) is 10.6 Å². The number of anilines is 1. The molecule has 1 amide bonds. The Hall–Kier alpha value is -1.89. The predicted molar refractivity (Wildman–Crippen MR) is 81.1 cm³/mol. The topological polar surface area (TPSA) is 83.6 Å². The molecule has 21 heavy (non-hydrogen) atoms. The van der Waals surface area contributed by atoms with Gasteiger partial charge in [-0.05, 0) is 23.7 Å². The van der Waals surface area contributed by atoms with Crippen LogP contribution < -0.4 is 5.32 Å². The number of halogens is 3. The molecule has 0 aliphatic rings. The van der Waals surface area contributed by atoms with Crippen molar-refractivity contribution >= 4 is 57.4 Å². The summed E-state index contributed by atoms with van der Waals surface area (Å²) in [6.07, 6.45) is 2.78. The molecule has 6 nitrogen and oxygen atoms in total. The van der Waals surface area contributed by atoms with Gasteiger partial charge in [-0.2, -0.15) is 0 Å². The molecular formula is C12H6Cl3N5O. The van der Waals surface area contributed by atoms with E-state index in [4.69, 9.17) is 34.8 Å². The van der Waals surface area contributed by atoms with Crippen LogP contribution in [-0.2, 0) is 0 Å². The largest absolute Gasteiger partial charge is 0.334 e. The highest BCUT2D eigenvalue weighted by Crippen LogP contribution is 2.26. The van der Waals surface area contributed by atoms with Crippen molar-refractivity contribution < 1.29 is 4.79 Å². The summed E-state index contributed by atoms with van der Waals surface area (Å²) in [5.41, 5.74) is 1.56. The predicted octanol–water partition coefficient (Wildman–Crippen LogP) is 3.57. The second-order valence-electron chi connectivity index (χ2n) is 4.06. The maximum atomic E-state index is 12.1. The minimum Gasteiger partial charge on any atom is -0.334 e. The molecule has 106 valence electrons. The maximum Gasteiger partial charge on any atom is 0.291 e. The first-order valence-electron chi connectivity index (χ1n) is 5.66. The zero-order valence-electron chi connectivity index (χ0n) is 10.2. The van der Waals surface area contributed by atoms with Crippen molar-refractivity contribution in [2.75, 3.05) is 5.32 Å². The first-order valence-corrected chi connectivity index (χ1v) is 6.80. The standard InChI is InChI=1S/C12H6Cl3N5O/c13-6-1-8-9(2-7(6)14)20-10(19-8)11(21)18-5-3-16-12(15)17-4-5/h1-4H,(H,18,21)(H,19,20). The Morgan fingerprint density at radius 1 is 1.10 bits per heavy atom. The lowest BCUT2D eigenvalue weighted by atomic mass is 10.3. The molecule has 0 aliphatic heterocycles. The van der Waals surface area contributed by atoms with Crippen LogP contribution in [0.2, 0.25) is 15.3 Å². The Bertz CT molecular complexity index is 792. The first-order chi connectivity index (χ1) is 10.0. The van der Waals surface area contributed by atoms with Crippen molar-refractivity contribution in [2.45, 2.75) is 0 Å². The quantitative estimate of drug-likeness (QED) is 0.697. The van der Waals surface area contributed by atoms with E-state index in [0.717, 1.165) is 0 Å². The third kappa shape index (κ3) is 2.92. The molecule has 0 aliphatic carbocycles. The summed E-state index contributed by atoms with van der Waals surface area (Å²) >= 11 is 17.4. The summed E-state index contributed by atoms with van der Waals surface area (Å²) in [7, 11) is 0. The summed E-state index contributed by atoms with van der Waals surface area (Å²) in [6, 6.07) is 3.19. The molecule has 0 unspecified atom stereocenters. The Morgan fingerprint density at radius 2 is 1.76 bits per heavy atom. The fourth-order valence-electron chi connectivity index (χ4n) is 1.68. The van der Waals surface area contributed by atoms with Crippen molar-refractivity contribution in [3.05, 3.63) is 45.7 Å². The van der Waals surface area contributed by atoms with Gasteiger partial charge in [-0.1, -0.05) is 23.2 Å². The molecule has 0 fully saturated rings. The van der Waals surface area contributed by atoms with Gasteiger partial charge in [-0.15, -0.1) is 0 Å². The highest BCUT2D eigenvalue weighted by Gasteiger charge is 2.13. The monoisotopic (exact) mass is 341 g/mol. The van der Waals surface area contributed by atoms with Gasteiger partial charge in [0.1, 0.15) is 0 Å². The molecule has 0 saturated heterocycles. The number of rotatable bonds is 2. The molecule has 0 bridgehead atoms. The van der Waals surface area contributed by atoms with Gasteiger partial charge < -0.3 is 10.3 Å². The molecule has 3 rings (SSSR count). The fourth-order valence-corrected chi connectivity index (χ4v) is 2.10. The van der Waals surface area contributed by atoms with Crippen LogP contribution >= 0.6 is 34.8 Å². The van der Waals surface area contributed by atoms with Crippen LogP contribution in [0.3, 0.4) is 0 Å². The summed E-state index contributed by atoms with van der Waals surface area (Å²) in [6.45, 7) is 0. The lowest BCUT2D eigenvalue weighted by Gasteiger charge is -2.01. The van der Waals surface area contributed by atoms with E-state index in [9.17, 15) is 4.79 Å². The average Bonchev–Trinajstić information content (AvgIpc) is 2.85. The van der Waals surface area contributed by atoms with E-state index in [1.54, 1.807) is 12.1 Å². The van der Waals surface area contributed by atoms with Crippen LogP contribution in [-0.4, -0.2) is 25.8 Å². The second kappa shape index (κ2) is 5.48. The van der Waals surface area contributed by atoms with Gasteiger partial charge in [0.15, 0.2) is 5.82 Å². The number of H-pyrrole nitrogens is 1. The SMILES string of the molecule is O=C(Nc1cnc(Cl)nc1)c1nc2cc(Cl)c(Cl)cc2[nH]1. The third-order valence-corrected chi connectivity index (χ3v) is 3.53. The van der Waals surface area contributed by atoms with Gasteiger partial charge >= 0.3 is 0 Å². The highest BCUT2D eigenvalue weighted by molar-refractivity contribution is 6.42. The van der Waals surface area contributed by atoms with Crippen LogP contribution in [0.5, 0.6) is 0 Å². The van der Waals surface area contributed by atoms with Gasteiger partial charge in [0.2, 0.25) is 5.28 Å². The molecule has 2 N–H and O–H groups in total. The van der Waals surface area contributed by atoms with Crippen LogP contribution in [0, 0.1) is 0 Å². The minimum atomic E-state index is -0.440. The number of fused-ring (bicyclic) bond motifs is 1. The second-order valence-corrected chi connectivity index (χ2v) is 5.22. The number of nitrogens with one attached hydrogen (secondary N) is 2. The smallest absolute Gasteiger partial charge is 0.291 e. The van der Waals surface area contributed by atoms with E-state index in [-0.39, 0.29) is 11.1 Å². The van der Waals surface area contributed by atoms with Gasteiger partial charge in [-0.25, -0.2) is 15.0 Å². The molecule has 9 heteroatoms.